The van der Waals surface area contributed by atoms with Crippen LogP contribution in [-0.2, 0) is 9.59 Å². The minimum absolute atomic E-state index is 0.353. The van der Waals surface area contributed by atoms with Crippen LogP contribution in [-0.4, -0.2) is 17.0 Å². The van der Waals surface area contributed by atoms with Crippen LogP contribution < -0.4 is 5.32 Å². The van der Waals surface area contributed by atoms with Crippen LogP contribution in [0.3, 0.4) is 0 Å². The second-order valence-corrected chi connectivity index (χ2v) is 4.45. The summed E-state index contributed by atoms with van der Waals surface area (Å²) in [6.07, 6.45) is 1.04. The molecule has 0 aliphatic rings. The second kappa shape index (κ2) is 6.19. The van der Waals surface area contributed by atoms with Crippen LogP contribution in [0.25, 0.3) is 0 Å². The highest BCUT2D eigenvalue weighted by Gasteiger charge is 2.20. The minimum Gasteiger partial charge on any atom is -0.479 e. The third-order valence-corrected chi connectivity index (χ3v) is 3.05. The van der Waals surface area contributed by atoms with Crippen molar-refractivity contribution >= 4 is 11.9 Å². The molecule has 18 heavy (non-hydrogen) atoms. The second-order valence-electron chi connectivity index (χ2n) is 4.45. The van der Waals surface area contributed by atoms with E-state index in [1.54, 1.807) is 12.1 Å². The fourth-order valence-electron chi connectivity index (χ4n) is 1.74. The number of carbonyl (C=O) groups is 2. The minimum atomic E-state index is -1.05. The van der Waals surface area contributed by atoms with E-state index in [-0.39, 0.29) is 5.91 Å². The highest BCUT2D eigenvalue weighted by atomic mass is 16.4. The quantitative estimate of drug-likeness (QED) is 0.842. The summed E-state index contributed by atoms with van der Waals surface area (Å²) in [6, 6.07) is 6.38. The van der Waals surface area contributed by atoms with Gasteiger partial charge in [0.05, 0.1) is 0 Å². The molecule has 2 atom stereocenters. The molecule has 0 fully saturated rings. The van der Waals surface area contributed by atoms with E-state index < -0.39 is 12.0 Å². The van der Waals surface area contributed by atoms with Crippen molar-refractivity contribution in [3.63, 3.8) is 0 Å². The molecule has 1 amide bonds. The zero-order chi connectivity index (χ0) is 13.7. The summed E-state index contributed by atoms with van der Waals surface area (Å²) in [6.45, 7) is 5.54. The molecule has 1 aromatic carbocycles. The molecule has 2 N–H and O–H groups in total. The first-order valence-electron chi connectivity index (χ1n) is 6.05. The highest BCUT2D eigenvalue weighted by Crippen LogP contribution is 2.21. The van der Waals surface area contributed by atoms with Crippen molar-refractivity contribution in [2.24, 2.45) is 0 Å². The van der Waals surface area contributed by atoms with Gasteiger partial charge < -0.3 is 10.4 Å². The lowest BCUT2D eigenvalue weighted by atomic mass is 9.96. The van der Waals surface area contributed by atoms with Crippen molar-refractivity contribution in [1.82, 2.24) is 5.32 Å². The van der Waals surface area contributed by atoms with Crippen LogP contribution in [0.15, 0.2) is 24.3 Å². The van der Waals surface area contributed by atoms with Gasteiger partial charge in [0.25, 0.3) is 0 Å². The smallest absolute Gasteiger partial charge is 0.330 e. The zero-order valence-electron chi connectivity index (χ0n) is 10.9. The normalized spacial score (nSPS) is 13.7. The maximum Gasteiger partial charge on any atom is 0.330 e. The van der Waals surface area contributed by atoms with Crippen molar-refractivity contribution < 1.29 is 14.7 Å². The Balaban J connectivity index is 2.93. The van der Waals surface area contributed by atoms with Crippen LogP contribution in [0.5, 0.6) is 0 Å². The maximum absolute atomic E-state index is 11.1. The molecule has 1 aromatic rings. The molecule has 4 heteroatoms. The Morgan fingerprint density at radius 1 is 1.22 bits per heavy atom. The van der Waals surface area contributed by atoms with E-state index in [0.717, 1.165) is 6.42 Å². The molecule has 4 nitrogen and oxygen atoms in total. The van der Waals surface area contributed by atoms with Gasteiger partial charge in [0.2, 0.25) is 5.91 Å². The molecule has 2 unspecified atom stereocenters. The van der Waals surface area contributed by atoms with Crippen LogP contribution in [0.4, 0.5) is 0 Å². The van der Waals surface area contributed by atoms with Gasteiger partial charge in [0, 0.05) is 6.92 Å². The lowest BCUT2D eigenvalue weighted by Crippen LogP contribution is -2.31. The molecule has 0 bridgehead atoms. The third-order valence-electron chi connectivity index (χ3n) is 3.05. The largest absolute Gasteiger partial charge is 0.479 e. The molecule has 0 saturated carbocycles. The summed E-state index contributed by atoms with van der Waals surface area (Å²) >= 11 is 0. The first kappa shape index (κ1) is 14.2. The Bertz CT molecular complexity index is 425. The zero-order valence-corrected chi connectivity index (χ0v) is 10.9. The summed E-state index contributed by atoms with van der Waals surface area (Å²) in [7, 11) is 0. The monoisotopic (exact) mass is 249 g/mol. The number of hydrogen-bond donors (Lipinski definition) is 2. The first-order valence-corrected chi connectivity index (χ1v) is 6.05. The molecule has 0 aliphatic heterocycles. The molecule has 98 valence electrons. The lowest BCUT2D eigenvalue weighted by molar-refractivity contribution is -0.141. The number of aliphatic carboxylic acids is 1. The maximum atomic E-state index is 11.1. The van der Waals surface area contributed by atoms with Gasteiger partial charge in [-0.2, -0.15) is 0 Å². The SMILES string of the molecule is CCC(C)c1ccc(C(NC(C)=O)C(=O)O)cc1. The van der Waals surface area contributed by atoms with E-state index in [0.29, 0.717) is 11.5 Å². The number of amides is 1. The molecule has 0 radical (unpaired) electrons. The third kappa shape index (κ3) is 3.58. The lowest BCUT2D eigenvalue weighted by Gasteiger charge is -2.15. The summed E-state index contributed by atoms with van der Waals surface area (Å²) in [4.78, 5) is 22.1. The predicted octanol–water partition coefficient (Wildman–Crippen LogP) is 2.46. The van der Waals surface area contributed by atoms with Crippen LogP contribution >= 0.6 is 0 Å². The van der Waals surface area contributed by atoms with Crippen LogP contribution in [0, 0.1) is 0 Å². The van der Waals surface area contributed by atoms with E-state index in [1.165, 1.54) is 12.5 Å². The van der Waals surface area contributed by atoms with Crippen LogP contribution in [0.2, 0.25) is 0 Å². The predicted molar refractivity (Wildman–Crippen MR) is 69.3 cm³/mol. The van der Waals surface area contributed by atoms with Crippen LogP contribution in [0.1, 0.15) is 50.3 Å². The molecular weight excluding hydrogens is 230 g/mol. The van der Waals surface area contributed by atoms with Gasteiger partial charge in [-0.3, -0.25) is 4.79 Å². The van der Waals surface area contributed by atoms with Gasteiger partial charge >= 0.3 is 5.97 Å². The molecule has 0 spiro atoms. The van der Waals surface area contributed by atoms with Gasteiger partial charge in [0.1, 0.15) is 0 Å². The Labute approximate surface area is 107 Å². The van der Waals surface area contributed by atoms with Crippen molar-refractivity contribution in [3.8, 4) is 0 Å². The average Bonchev–Trinajstić information content (AvgIpc) is 2.34. The van der Waals surface area contributed by atoms with E-state index >= 15 is 0 Å². The van der Waals surface area contributed by atoms with E-state index in [1.807, 2.05) is 12.1 Å². The number of carboxylic acids is 1. The van der Waals surface area contributed by atoms with E-state index in [2.05, 4.69) is 19.2 Å². The Morgan fingerprint density at radius 2 is 1.72 bits per heavy atom. The first-order chi connectivity index (χ1) is 8.45. The number of carbonyl (C=O) groups excluding carboxylic acids is 1. The highest BCUT2D eigenvalue weighted by molar-refractivity contribution is 5.83. The van der Waals surface area contributed by atoms with Crippen molar-refractivity contribution in [2.75, 3.05) is 0 Å². The average molecular weight is 249 g/mol. The standard InChI is InChI=1S/C14H19NO3/c1-4-9(2)11-5-7-12(8-6-11)13(14(17)18)15-10(3)16/h5-9,13H,4H2,1-3H3,(H,15,16)(H,17,18). The molecule has 1 rings (SSSR count). The summed E-state index contributed by atoms with van der Waals surface area (Å²) in [5.74, 6) is -0.960. The summed E-state index contributed by atoms with van der Waals surface area (Å²) in [5, 5.41) is 11.5. The van der Waals surface area contributed by atoms with Crippen molar-refractivity contribution in [3.05, 3.63) is 35.4 Å². The number of rotatable bonds is 5. The van der Waals surface area contributed by atoms with Crippen molar-refractivity contribution in [2.45, 2.75) is 39.2 Å². The van der Waals surface area contributed by atoms with E-state index in [4.69, 9.17) is 5.11 Å². The van der Waals surface area contributed by atoms with Gasteiger partial charge in [-0.25, -0.2) is 4.79 Å². The fourth-order valence-corrected chi connectivity index (χ4v) is 1.74. The Morgan fingerprint density at radius 3 is 2.11 bits per heavy atom. The number of carboxylic acid groups (broad SMARTS) is 1. The van der Waals surface area contributed by atoms with Crippen molar-refractivity contribution in [1.29, 1.82) is 0 Å². The molecule has 0 aromatic heterocycles. The number of hydrogen-bond acceptors (Lipinski definition) is 2. The molecule has 0 aliphatic carbocycles. The fraction of sp³-hybridized carbons (Fsp3) is 0.429. The topological polar surface area (TPSA) is 66.4 Å². The van der Waals surface area contributed by atoms with Gasteiger partial charge in [-0.05, 0) is 23.5 Å². The summed E-state index contributed by atoms with van der Waals surface area (Å²) < 4.78 is 0. The number of nitrogens with one attached hydrogen (secondary N) is 1. The van der Waals surface area contributed by atoms with E-state index in [9.17, 15) is 9.59 Å². The molecular formula is C14H19NO3. The Kier molecular flexibility index (Phi) is 4.89. The van der Waals surface area contributed by atoms with Gasteiger partial charge in [-0.1, -0.05) is 38.1 Å². The van der Waals surface area contributed by atoms with Gasteiger partial charge in [0.15, 0.2) is 6.04 Å². The molecule has 0 heterocycles. The van der Waals surface area contributed by atoms with Gasteiger partial charge in [-0.15, -0.1) is 0 Å². The Hall–Kier alpha value is -1.84. The summed E-state index contributed by atoms with van der Waals surface area (Å²) in [5.41, 5.74) is 1.76. The molecule has 0 saturated heterocycles. The number of benzene rings is 1.